The molecule has 1 aromatic carbocycles. The van der Waals surface area contributed by atoms with E-state index in [4.69, 9.17) is 0 Å². The topological polar surface area (TPSA) is 19.4 Å². The molecule has 2 fully saturated rings. The van der Waals surface area contributed by atoms with Crippen LogP contribution >= 0.6 is 11.3 Å². The van der Waals surface area contributed by atoms with Gasteiger partial charge in [-0.05, 0) is 56.9 Å². The maximum atomic E-state index is 13.8. The molecule has 1 aromatic heterocycles. The third kappa shape index (κ3) is 3.48. The van der Waals surface area contributed by atoms with Crippen molar-refractivity contribution in [3.63, 3.8) is 0 Å². The molecule has 1 spiro atoms. The molecule has 1 aliphatic carbocycles. The van der Waals surface area contributed by atoms with Gasteiger partial charge in [-0.25, -0.2) is 13.8 Å². The Balaban J connectivity index is 1.32. The van der Waals surface area contributed by atoms with E-state index in [1.54, 1.807) is 11.3 Å². The van der Waals surface area contributed by atoms with Crippen molar-refractivity contribution < 1.29 is 8.78 Å². The molecule has 1 aliphatic heterocycles. The van der Waals surface area contributed by atoms with Gasteiger partial charge in [0.15, 0.2) is 0 Å². The van der Waals surface area contributed by atoms with E-state index < -0.39 is 11.6 Å². The van der Waals surface area contributed by atoms with Gasteiger partial charge in [0.2, 0.25) is 0 Å². The van der Waals surface area contributed by atoms with Gasteiger partial charge >= 0.3 is 0 Å². The van der Waals surface area contributed by atoms with Crippen LogP contribution in [0, 0.1) is 17.0 Å². The molecular formula is C19H23F2N3S. The molecule has 134 valence electrons. The fourth-order valence-corrected chi connectivity index (χ4v) is 4.88. The first-order valence-electron chi connectivity index (χ1n) is 8.81. The number of hydrogen-bond donors (Lipinski definition) is 0. The molecule has 0 unspecified atom stereocenters. The number of likely N-dealkylation sites (tertiary alicyclic amines) is 1. The van der Waals surface area contributed by atoms with E-state index in [0.29, 0.717) is 18.0 Å². The minimum Gasteiger partial charge on any atom is -0.299 e. The lowest BCUT2D eigenvalue weighted by Gasteiger charge is -2.34. The Kier molecular flexibility index (Phi) is 4.60. The van der Waals surface area contributed by atoms with Gasteiger partial charge in [0.1, 0.15) is 16.6 Å². The smallest absolute Gasteiger partial charge is 0.130 e. The average Bonchev–Trinajstić information content (AvgIpc) is 3.05. The van der Waals surface area contributed by atoms with Crippen LogP contribution in [-0.2, 0) is 13.1 Å². The number of rotatable bonds is 5. The van der Waals surface area contributed by atoms with Crippen molar-refractivity contribution in [3.8, 4) is 0 Å². The third-order valence-corrected chi connectivity index (χ3v) is 6.61. The Morgan fingerprint density at radius 1 is 1.28 bits per heavy atom. The Morgan fingerprint density at radius 3 is 2.64 bits per heavy atom. The fraction of sp³-hybridized carbons (Fsp3) is 0.526. The molecule has 6 heteroatoms. The van der Waals surface area contributed by atoms with Crippen LogP contribution < -0.4 is 0 Å². The zero-order valence-electron chi connectivity index (χ0n) is 14.4. The lowest BCUT2D eigenvalue weighted by atomic mass is 9.92. The van der Waals surface area contributed by atoms with Crippen LogP contribution in [0.1, 0.15) is 29.8 Å². The van der Waals surface area contributed by atoms with Gasteiger partial charge in [0.05, 0.1) is 6.54 Å². The van der Waals surface area contributed by atoms with E-state index in [9.17, 15) is 8.78 Å². The molecule has 0 N–H and O–H groups in total. The first kappa shape index (κ1) is 17.1. The van der Waals surface area contributed by atoms with Gasteiger partial charge in [-0.15, -0.1) is 11.3 Å². The second-order valence-electron chi connectivity index (χ2n) is 7.40. The van der Waals surface area contributed by atoms with Crippen LogP contribution in [-0.4, -0.2) is 41.0 Å². The summed E-state index contributed by atoms with van der Waals surface area (Å²) in [5.41, 5.74) is 0.600. The number of halogens is 2. The quantitative estimate of drug-likeness (QED) is 0.803. The summed E-state index contributed by atoms with van der Waals surface area (Å²) in [6.45, 7) is 3.10. The second kappa shape index (κ2) is 6.74. The highest BCUT2D eigenvalue weighted by Crippen LogP contribution is 2.56. The molecule has 1 atom stereocenters. The van der Waals surface area contributed by atoms with E-state index in [-0.39, 0.29) is 5.56 Å². The zero-order valence-corrected chi connectivity index (χ0v) is 15.2. The largest absolute Gasteiger partial charge is 0.299 e. The summed E-state index contributed by atoms with van der Waals surface area (Å²) in [6, 6.07) is 4.72. The highest BCUT2D eigenvalue weighted by Gasteiger charge is 2.56. The molecule has 3 nitrogen and oxygen atoms in total. The van der Waals surface area contributed by atoms with Gasteiger partial charge in [0, 0.05) is 29.7 Å². The Morgan fingerprint density at radius 2 is 2.00 bits per heavy atom. The van der Waals surface area contributed by atoms with E-state index in [0.717, 1.165) is 37.5 Å². The van der Waals surface area contributed by atoms with Crippen molar-refractivity contribution in [2.24, 2.45) is 5.41 Å². The van der Waals surface area contributed by atoms with Crippen LogP contribution in [0.5, 0.6) is 0 Å². The molecular weight excluding hydrogens is 340 g/mol. The standard InChI is InChI=1S/C19H23F2N3S/c1-23(13-18-22-7-10-25-18)17-11-19(17)5-8-24(9-6-19)12-14-15(20)3-2-4-16(14)21/h2-4,7,10,17H,5-6,8-9,11-13H2,1H3/t17-/m1/s1. The van der Waals surface area contributed by atoms with Gasteiger partial charge in [-0.3, -0.25) is 9.80 Å². The normalized spacial score (nSPS) is 22.6. The molecule has 2 aromatic rings. The van der Waals surface area contributed by atoms with Gasteiger partial charge in [0.25, 0.3) is 0 Å². The van der Waals surface area contributed by atoms with Crippen molar-refractivity contribution in [1.29, 1.82) is 0 Å². The maximum Gasteiger partial charge on any atom is 0.130 e. The van der Waals surface area contributed by atoms with Crippen LogP contribution in [0.4, 0.5) is 8.78 Å². The van der Waals surface area contributed by atoms with Crippen LogP contribution in [0.2, 0.25) is 0 Å². The van der Waals surface area contributed by atoms with Gasteiger partial charge < -0.3 is 0 Å². The average molecular weight is 363 g/mol. The molecule has 4 rings (SSSR count). The molecule has 0 bridgehead atoms. The summed E-state index contributed by atoms with van der Waals surface area (Å²) >= 11 is 1.70. The maximum absolute atomic E-state index is 13.8. The summed E-state index contributed by atoms with van der Waals surface area (Å²) in [7, 11) is 2.18. The fourth-order valence-electron chi connectivity index (χ4n) is 4.20. The van der Waals surface area contributed by atoms with Crippen molar-refractivity contribution in [3.05, 3.63) is 52.0 Å². The highest BCUT2D eigenvalue weighted by molar-refractivity contribution is 7.09. The molecule has 1 saturated carbocycles. The first-order chi connectivity index (χ1) is 12.1. The second-order valence-corrected chi connectivity index (χ2v) is 8.38. The number of aromatic nitrogens is 1. The van der Waals surface area contributed by atoms with Gasteiger partial charge in [-0.1, -0.05) is 6.07 Å². The van der Waals surface area contributed by atoms with Gasteiger partial charge in [-0.2, -0.15) is 0 Å². The summed E-state index contributed by atoms with van der Waals surface area (Å²) in [5, 5.41) is 3.18. The SMILES string of the molecule is CN(Cc1nccs1)[C@@H]1CC12CCN(Cc1c(F)cccc1F)CC2. The molecule has 0 radical (unpaired) electrons. The predicted octanol–water partition coefficient (Wildman–Crippen LogP) is 3.91. The van der Waals surface area contributed by atoms with Crippen LogP contribution in [0.3, 0.4) is 0 Å². The predicted molar refractivity (Wildman–Crippen MR) is 95.3 cm³/mol. The molecule has 1 saturated heterocycles. The zero-order chi connectivity index (χ0) is 17.4. The van der Waals surface area contributed by atoms with Crippen LogP contribution in [0.25, 0.3) is 0 Å². The summed E-state index contributed by atoms with van der Waals surface area (Å²) in [4.78, 5) is 8.98. The van der Waals surface area contributed by atoms with Crippen molar-refractivity contribution in [2.75, 3.05) is 20.1 Å². The minimum atomic E-state index is -0.437. The minimum absolute atomic E-state index is 0.201. The summed E-state index contributed by atoms with van der Waals surface area (Å²) in [6.07, 6.45) is 5.31. The number of thiazole rings is 1. The Labute approximate surface area is 151 Å². The molecule has 2 aliphatic rings. The monoisotopic (exact) mass is 363 g/mol. The van der Waals surface area contributed by atoms with Crippen molar-refractivity contribution >= 4 is 11.3 Å². The van der Waals surface area contributed by atoms with Crippen LogP contribution in [0.15, 0.2) is 29.8 Å². The number of piperidine rings is 1. The summed E-state index contributed by atoms with van der Waals surface area (Å²) < 4.78 is 27.7. The van der Waals surface area contributed by atoms with Crippen molar-refractivity contribution in [2.45, 2.75) is 38.4 Å². The molecule has 0 amide bonds. The van der Waals surface area contributed by atoms with E-state index >= 15 is 0 Å². The highest BCUT2D eigenvalue weighted by atomic mass is 32.1. The number of nitrogens with zero attached hydrogens (tertiary/aromatic N) is 3. The van der Waals surface area contributed by atoms with E-state index in [1.807, 2.05) is 11.6 Å². The first-order valence-corrected chi connectivity index (χ1v) is 9.69. The van der Waals surface area contributed by atoms with Crippen molar-refractivity contribution in [1.82, 2.24) is 14.8 Å². The lowest BCUT2D eigenvalue weighted by Crippen LogP contribution is -2.37. The summed E-state index contributed by atoms with van der Waals surface area (Å²) in [5.74, 6) is -0.875. The molecule has 2 heterocycles. The lowest BCUT2D eigenvalue weighted by molar-refractivity contribution is 0.137. The Bertz CT molecular complexity index is 706. The third-order valence-electron chi connectivity index (χ3n) is 5.84. The van der Waals surface area contributed by atoms with E-state index in [1.165, 1.54) is 24.6 Å². The number of hydrogen-bond acceptors (Lipinski definition) is 4. The Hall–Kier alpha value is -1.37. The van der Waals surface area contributed by atoms with E-state index in [2.05, 4.69) is 21.8 Å². The number of benzene rings is 1. The molecule has 25 heavy (non-hydrogen) atoms.